The van der Waals surface area contributed by atoms with Crippen LogP contribution in [-0.4, -0.2) is 37.9 Å². The van der Waals surface area contributed by atoms with Gasteiger partial charge in [0.25, 0.3) is 5.92 Å². The monoisotopic (exact) mass is 472 g/mol. The Morgan fingerprint density at radius 1 is 1.12 bits per heavy atom. The molecule has 4 heterocycles. The van der Waals surface area contributed by atoms with E-state index in [9.17, 15) is 8.78 Å². The third-order valence-electron chi connectivity index (χ3n) is 6.43. The molecule has 0 aliphatic carbocycles. The van der Waals surface area contributed by atoms with Crippen LogP contribution in [0.25, 0.3) is 0 Å². The summed E-state index contributed by atoms with van der Waals surface area (Å²) in [6.07, 6.45) is 1.12. The second-order valence-electron chi connectivity index (χ2n) is 8.72. The standard InChI is InChI=1S/C23H23F3N6O2/c1-14-12-28-23(32(21(14)30-34-23)16-3-5-20-18(11-16)27-13-33-20)29-15-2-4-19(17(24)10-15)31-8-6-22(25,26)7-9-31/h2-5,10-12,27,29-30H,6-9,13H2,1H3. The lowest BCUT2D eigenvalue weighted by Crippen LogP contribution is -2.51. The molecule has 6 rings (SSSR count). The predicted octanol–water partition coefficient (Wildman–Crippen LogP) is 4.20. The summed E-state index contributed by atoms with van der Waals surface area (Å²) in [6.45, 7) is 2.52. The fourth-order valence-corrected chi connectivity index (χ4v) is 4.58. The number of hydroxylamine groups is 1. The van der Waals surface area contributed by atoms with Gasteiger partial charge < -0.3 is 20.3 Å². The average molecular weight is 472 g/mol. The molecule has 1 unspecified atom stereocenters. The topological polar surface area (TPSA) is 73.4 Å². The number of piperidine rings is 1. The summed E-state index contributed by atoms with van der Waals surface area (Å²) in [6, 6.07) is 10.3. The summed E-state index contributed by atoms with van der Waals surface area (Å²) in [5.74, 6) is -3.12. The van der Waals surface area contributed by atoms with Gasteiger partial charge in [0.2, 0.25) is 0 Å². The van der Waals surface area contributed by atoms with E-state index >= 15 is 4.39 Å². The van der Waals surface area contributed by atoms with Gasteiger partial charge >= 0.3 is 5.97 Å². The Kier molecular flexibility index (Phi) is 4.60. The summed E-state index contributed by atoms with van der Waals surface area (Å²) in [7, 11) is 0. The Labute approximate surface area is 194 Å². The van der Waals surface area contributed by atoms with Crippen LogP contribution in [0, 0.1) is 5.82 Å². The van der Waals surface area contributed by atoms with Gasteiger partial charge in [-0.15, -0.1) is 0 Å². The van der Waals surface area contributed by atoms with Crippen molar-refractivity contribution in [3.63, 3.8) is 0 Å². The zero-order valence-electron chi connectivity index (χ0n) is 18.4. The van der Waals surface area contributed by atoms with Crippen LogP contribution in [-0.2, 0) is 4.84 Å². The molecule has 0 saturated carbocycles. The fourth-order valence-electron chi connectivity index (χ4n) is 4.58. The minimum absolute atomic E-state index is 0.106. The molecule has 0 radical (unpaired) electrons. The number of benzene rings is 2. The Hall–Kier alpha value is -3.60. The molecule has 0 amide bonds. The van der Waals surface area contributed by atoms with Crippen molar-refractivity contribution in [2.24, 2.45) is 4.99 Å². The molecule has 2 fully saturated rings. The van der Waals surface area contributed by atoms with Crippen molar-refractivity contribution in [3.05, 3.63) is 53.6 Å². The van der Waals surface area contributed by atoms with Gasteiger partial charge in [0, 0.05) is 43.4 Å². The zero-order valence-corrected chi connectivity index (χ0v) is 18.4. The van der Waals surface area contributed by atoms with E-state index in [1.807, 2.05) is 30.0 Å². The van der Waals surface area contributed by atoms with Crippen LogP contribution in [0.3, 0.4) is 0 Å². The number of nitrogens with zero attached hydrogens (tertiary/aromatic N) is 3. The highest BCUT2D eigenvalue weighted by molar-refractivity contribution is 5.85. The summed E-state index contributed by atoms with van der Waals surface area (Å²) >= 11 is 0. The van der Waals surface area contributed by atoms with Gasteiger partial charge in [0.1, 0.15) is 17.4 Å². The van der Waals surface area contributed by atoms with Crippen LogP contribution in [0.2, 0.25) is 0 Å². The lowest BCUT2D eigenvalue weighted by atomic mass is 10.1. The van der Waals surface area contributed by atoms with Crippen molar-refractivity contribution in [1.29, 1.82) is 0 Å². The maximum absolute atomic E-state index is 15.0. The molecule has 178 valence electrons. The highest BCUT2D eigenvalue weighted by atomic mass is 19.3. The maximum Gasteiger partial charge on any atom is 0.351 e. The molecular weight excluding hydrogens is 449 g/mol. The number of hydrogen-bond donors (Lipinski definition) is 3. The molecule has 8 nitrogen and oxygen atoms in total. The minimum atomic E-state index is -2.69. The van der Waals surface area contributed by atoms with E-state index in [4.69, 9.17) is 9.57 Å². The van der Waals surface area contributed by atoms with E-state index < -0.39 is 17.7 Å². The van der Waals surface area contributed by atoms with Crippen LogP contribution >= 0.6 is 0 Å². The number of anilines is 4. The molecule has 2 saturated heterocycles. The van der Waals surface area contributed by atoms with E-state index in [0.29, 0.717) is 23.9 Å². The molecule has 2 aromatic rings. The van der Waals surface area contributed by atoms with Crippen molar-refractivity contribution >= 4 is 29.0 Å². The molecule has 4 aliphatic rings. The molecule has 3 N–H and O–H groups in total. The molecule has 2 aromatic carbocycles. The Morgan fingerprint density at radius 3 is 2.74 bits per heavy atom. The van der Waals surface area contributed by atoms with Crippen LogP contribution in [0.5, 0.6) is 5.75 Å². The van der Waals surface area contributed by atoms with Crippen LogP contribution in [0.1, 0.15) is 19.8 Å². The Bertz CT molecular complexity index is 1210. The van der Waals surface area contributed by atoms with E-state index in [-0.39, 0.29) is 25.9 Å². The van der Waals surface area contributed by atoms with Gasteiger partial charge in [-0.3, -0.25) is 4.90 Å². The zero-order chi connectivity index (χ0) is 23.5. The minimum Gasteiger partial charge on any atom is -0.471 e. The quantitative estimate of drug-likeness (QED) is 0.616. The van der Waals surface area contributed by atoms with E-state index in [2.05, 4.69) is 21.1 Å². The number of allylic oxidation sites excluding steroid dienone is 1. The second kappa shape index (κ2) is 7.45. The number of rotatable bonds is 4. The summed E-state index contributed by atoms with van der Waals surface area (Å²) in [5.41, 5.74) is 6.15. The van der Waals surface area contributed by atoms with Crippen LogP contribution in [0.15, 0.2) is 52.8 Å². The molecular formula is C23H23F3N6O2. The normalized spacial score (nSPS) is 24.5. The first-order chi connectivity index (χ1) is 16.3. The third kappa shape index (κ3) is 3.38. The maximum atomic E-state index is 15.0. The summed E-state index contributed by atoms with van der Waals surface area (Å²) in [5, 5.41) is 6.35. The Balaban J connectivity index is 1.29. The number of halogens is 3. The molecule has 0 aromatic heterocycles. The lowest BCUT2D eigenvalue weighted by Gasteiger charge is -2.36. The number of alkyl halides is 2. The van der Waals surface area contributed by atoms with Gasteiger partial charge in [-0.2, -0.15) is 0 Å². The van der Waals surface area contributed by atoms with E-state index in [1.54, 1.807) is 23.2 Å². The molecule has 2 bridgehead atoms. The first-order valence-corrected chi connectivity index (χ1v) is 11.1. The smallest absolute Gasteiger partial charge is 0.351 e. The average Bonchev–Trinajstić information content (AvgIpc) is 3.38. The van der Waals surface area contributed by atoms with E-state index in [0.717, 1.165) is 22.7 Å². The lowest BCUT2D eigenvalue weighted by molar-refractivity contribution is -0.0224. The van der Waals surface area contributed by atoms with Gasteiger partial charge in [-0.25, -0.2) is 28.5 Å². The van der Waals surface area contributed by atoms with Gasteiger partial charge in [-0.1, -0.05) is 0 Å². The summed E-state index contributed by atoms with van der Waals surface area (Å²) in [4.78, 5) is 14.0. The van der Waals surface area contributed by atoms with Gasteiger partial charge in [0.05, 0.1) is 17.1 Å². The highest BCUT2D eigenvalue weighted by Crippen LogP contribution is 2.42. The number of nitrogens with one attached hydrogen (secondary N) is 3. The first kappa shape index (κ1) is 21.0. The SMILES string of the molecule is CC1=C2NOC(Nc3ccc(N4CCC(F)(F)CC4)c(F)c3)(N=C1)N2c1ccc2c(c1)NCO2. The fraction of sp³-hybridized carbons (Fsp3) is 0.348. The molecule has 34 heavy (non-hydrogen) atoms. The largest absolute Gasteiger partial charge is 0.471 e. The second-order valence-corrected chi connectivity index (χ2v) is 8.72. The van der Waals surface area contributed by atoms with Crippen LogP contribution in [0.4, 0.5) is 35.9 Å². The summed E-state index contributed by atoms with van der Waals surface area (Å²) < 4.78 is 47.6. The van der Waals surface area contributed by atoms with Crippen molar-refractivity contribution in [2.75, 3.05) is 40.3 Å². The Morgan fingerprint density at radius 2 is 1.94 bits per heavy atom. The molecule has 4 aliphatic heterocycles. The highest BCUT2D eigenvalue weighted by Gasteiger charge is 2.49. The molecule has 0 spiro atoms. The van der Waals surface area contributed by atoms with Crippen molar-refractivity contribution in [2.45, 2.75) is 31.7 Å². The number of hydrogen-bond acceptors (Lipinski definition) is 8. The van der Waals surface area contributed by atoms with Crippen molar-refractivity contribution in [1.82, 2.24) is 5.48 Å². The van der Waals surface area contributed by atoms with Crippen LogP contribution < -0.4 is 30.7 Å². The van der Waals surface area contributed by atoms with Crippen molar-refractivity contribution in [3.8, 4) is 5.75 Å². The van der Waals surface area contributed by atoms with Crippen molar-refractivity contribution < 1.29 is 22.7 Å². The first-order valence-electron chi connectivity index (χ1n) is 11.1. The predicted molar refractivity (Wildman–Crippen MR) is 123 cm³/mol. The van der Waals surface area contributed by atoms with Gasteiger partial charge in [0.15, 0.2) is 6.73 Å². The molecule has 11 heteroatoms. The molecule has 1 atom stereocenters. The number of ether oxygens (including phenoxy) is 1. The van der Waals surface area contributed by atoms with Gasteiger partial charge in [-0.05, 0) is 43.3 Å². The van der Waals surface area contributed by atoms with E-state index in [1.165, 1.54) is 6.07 Å². The number of fused-ring (bicyclic) bond motifs is 3. The number of aliphatic imine (C=N–C) groups is 1. The third-order valence-corrected chi connectivity index (χ3v) is 6.43.